The van der Waals surface area contributed by atoms with E-state index in [9.17, 15) is 9.90 Å². The first-order valence-corrected chi connectivity index (χ1v) is 5.07. The number of rotatable bonds is 4. The SMILES string of the molecule is CCC(=O)c1cc(CC)c(O)c(OC)c1. The summed E-state index contributed by atoms with van der Waals surface area (Å²) in [6.07, 6.45) is 1.13. The highest BCUT2D eigenvalue weighted by Crippen LogP contribution is 2.32. The number of aromatic hydroxyl groups is 1. The van der Waals surface area contributed by atoms with Crippen molar-refractivity contribution < 1.29 is 14.6 Å². The molecule has 0 aliphatic rings. The first-order valence-electron chi connectivity index (χ1n) is 5.07. The van der Waals surface area contributed by atoms with Gasteiger partial charge in [-0.15, -0.1) is 0 Å². The molecule has 0 spiro atoms. The Morgan fingerprint density at radius 1 is 1.40 bits per heavy atom. The zero-order valence-corrected chi connectivity index (χ0v) is 9.33. The second kappa shape index (κ2) is 4.82. The minimum atomic E-state index is 0.0583. The van der Waals surface area contributed by atoms with Crippen LogP contribution in [0.5, 0.6) is 11.5 Å². The smallest absolute Gasteiger partial charge is 0.162 e. The lowest BCUT2D eigenvalue weighted by atomic mass is 10.0. The molecule has 1 aromatic rings. The molecule has 1 N–H and O–H groups in total. The maximum absolute atomic E-state index is 11.5. The van der Waals surface area contributed by atoms with Gasteiger partial charge in [0.25, 0.3) is 0 Å². The van der Waals surface area contributed by atoms with E-state index in [1.54, 1.807) is 12.1 Å². The molecule has 0 saturated carbocycles. The Morgan fingerprint density at radius 2 is 2.07 bits per heavy atom. The van der Waals surface area contributed by atoms with Crippen molar-refractivity contribution >= 4 is 5.78 Å². The van der Waals surface area contributed by atoms with Gasteiger partial charge in [0.15, 0.2) is 17.3 Å². The molecule has 0 radical (unpaired) electrons. The van der Waals surface area contributed by atoms with Crippen molar-refractivity contribution in [1.82, 2.24) is 0 Å². The molecule has 3 heteroatoms. The molecule has 0 heterocycles. The Bertz CT molecular complexity index is 344. The van der Waals surface area contributed by atoms with Crippen LogP contribution >= 0.6 is 0 Å². The van der Waals surface area contributed by atoms with Gasteiger partial charge in [-0.05, 0) is 24.1 Å². The molecule has 0 saturated heterocycles. The van der Waals surface area contributed by atoms with Gasteiger partial charge in [0.2, 0.25) is 0 Å². The van der Waals surface area contributed by atoms with Crippen LogP contribution in [0.1, 0.15) is 36.2 Å². The highest BCUT2D eigenvalue weighted by Gasteiger charge is 2.12. The quantitative estimate of drug-likeness (QED) is 0.773. The molecule has 0 atom stereocenters. The van der Waals surface area contributed by atoms with Crippen molar-refractivity contribution in [3.8, 4) is 11.5 Å². The summed E-state index contributed by atoms with van der Waals surface area (Å²) < 4.78 is 5.02. The minimum absolute atomic E-state index is 0.0583. The molecular weight excluding hydrogens is 192 g/mol. The second-order valence-corrected chi connectivity index (χ2v) is 3.32. The fraction of sp³-hybridized carbons (Fsp3) is 0.417. The first-order chi connectivity index (χ1) is 7.13. The third kappa shape index (κ3) is 2.29. The van der Waals surface area contributed by atoms with E-state index < -0.39 is 0 Å². The highest BCUT2D eigenvalue weighted by atomic mass is 16.5. The molecule has 0 aliphatic heterocycles. The van der Waals surface area contributed by atoms with E-state index in [0.717, 1.165) is 5.56 Å². The fourth-order valence-corrected chi connectivity index (χ4v) is 1.46. The van der Waals surface area contributed by atoms with Gasteiger partial charge in [-0.1, -0.05) is 13.8 Å². The fourth-order valence-electron chi connectivity index (χ4n) is 1.46. The van der Waals surface area contributed by atoms with Crippen molar-refractivity contribution in [2.75, 3.05) is 7.11 Å². The monoisotopic (exact) mass is 208 g/mol. The third-order valence-electron chi connectivity index (χ3n) is 2.40. The zero-order chi connectivity index (χ0) is 11.4. The van der Waals surface area contributed by atoms with E-state index in [2.05, 4.69) is 0 Å². The van der Waals surface area contributed by atoms with Gasteiger partial charge < -0.3 is 9.84 Å². The van der Waals surface area contributed by atoms with Gasteiger partial charge in [0, 0.05) is 12.0 Å². The van der Waals surface area contributed by atoms with E-state index >= 15 is 0 Å². The predicted octanol–water partition coefficient (Wildman–Crippen LogP) is 2.56. The number of ketones is 1. The number of hydrogen-bond donors (Lipinski definition) is 1. The Labute approximate surface area is 89.7 Å². The van der Waals surface area contributed by atoms with Crippen LogP contribution in [0.25, 0.3) is 0 Å². The average molecular weight is 208 g/mol. The molecule has 0 bridgehead atoms. The Morgan fingerprint density at radius 3 is 2.53 bits per heavy atom. The van der Waals surface area contributed by atoms with E-state index in [4.69, 9.17) is 4.74 Å². The van der Waals surface area contributed by atoms with Crippen LogP contribution in [0.2, 0.25) is 0 Å². The molecule has 0 aromatic heterocycles. The van der Waals surface area contributed by atoms with Gasteiger partial charge >= 0.3 is 0 Å². The maximum atomic E-state index is 11.5. The number of carbonyl (C=O) groups is 1. The standard InChI is InChI=1S/C12H16O3/c1-4-8-6-9(10(13)5-2)7-11(15-3)12(8)14/h6-7,14H,4-5H2,1-3H3. The normalized spacial score (nSPS) is 10.1. The third-order valence-corrected chi connectivity index (χ3v) is 2.40. The number of methoxy groups -OCH3 is 1. The largest absolute Gasteiger partial charge is 0.504 e. The van der Waals surface area contributed by atoms with E-state index in [0.29, 0.717) is 24.2 Å². The van der Waals surface area contributed by atoms with Crippen molar-refractivity contribution in [2.24, 2.45) is 0 Å². The number of carbonyl (C=O) groups excluding carboxylic acids is 1. The van der Waals surface area contributed by atoms with Crippen molar-refractivity contribution in [2.45, 2.75) is 26.7 Å². The van der Waals surface area contributed by atoms with E-state index in [-0.39, 0.29) is 11.5 Å². The summed E-state index contributed by atoms with van der Waals surface area (Å²) in [5.74, 6) is 0.557. The summed E-state index contributed by atoms with van der Waals surface area (Å²) in [5, 5.41) is 9.73. The number of Topliss-reactive ketones (excluding diaryl/α,β-unsaturated/α-hetero) is 1. The number of aryl methyl sites for hydroxylation is 1. The first kappa shape index (κ1) is 11.6. The van der Waals surface area contributed by atoms with Crippen LogP contribution in [0.15, 0.2) is 12.1 Å². The Hall–Kier alpha value is -1.51. The van der Waals surface area contributed by atoms with Crippen LogP contribution in [0.4, 0.5) is 0 Å². The Kier molecular flexibility index (Phi) is 3.72. The van der Waals surface area contributed by atoms with Crippen LogP contribution in [0.3, 0.4) is 0 Å². The predicted molar refractivity (Wildman–Crippen MR) is 58.7 cm³/mol. The second-order valence-electron chi connectivity index (χ2n) is 3.32. The van der Waals surface area contributed by atoms with Crippen LogP contribution in [-0.2, 0) is 6.42 Å². The summed E-state index contributed by atoms with van der Waals surface area (Å²) in [7, 11) is 1.48. The molecule has 3 nitrogen and oxygen atoms in total. The molecule has 15 heavy (non-hydrogen) atoms. The number of ether oxygens (including phenoxy) is 1. The van der Waals surface area contributed by atoms with Gasteiger partial charge in [0.05, 0.1) is 7.11 Å². The lowest BCUT2D eigenvalue weighted by molar-refractivity contribution is 0.0987. The van der Waals surface area contributed by atoms with Gasteiger partial charge in [0.1, 0.15) is 0 Å². The molecule has 0 fully saturated rings. The molecule has 0 unspecified atom stereocenters. The van der Waals surface area contributed by atoms with Crippen LogP contribution in [-0.4, -0.2) is 18.0 Å². The summed E-state index contributed by atoms with van der Waals surface area (Å²) >= 11 is 0. The minimum Gasteiger partial charge on any atom is -0.504 e. The van der Waals surface area contributed by atoms with E-state index in [1.807, 2.05) is 13.8 Å². The average Bonchev–Trinajstić information content (AvgIpc) is 2.28. The lowest BCUT2D eigenvalue weighted by Crippen LogP contribution is -1.99. The number of phenols is 1. The van der Waals surface area contributed by atoms with Crippen molar-refractivity contribution in [1.29, 1.82) is 0 Å². The van der Waals surface area contributed by atoms with Crippen molar-refractivity contribution in [3.63, 3.8) is 0 Å². The molecule has 0 aliphatic carbocycles. The molecule has 0 amide bonds. The number of hydrogen-bond acceptors (Lipinski definition) is 3. The van der Waals surface area contributed by atoms with Crippen molar-refractivity contribution in [3.05, 3.63) is 23.3 Å². The zero-order valence-electron chi connectivity index (χ0n) is 9.33. The lowest BCUT2D eigenvalue weighted by Gasteiger charge is -2.09. The molecule has 1 aromatic carbocycles. The summed E-state index contributed by atoms with van der Waals surface area (Å²) in [5.41, 5.74) is 1.34. The summed E-state index contributed by atoms with van der Waals surface area (Å²) in [6, 6.07) is 3.31. The van der Waals surface area contributed by atoms with Gasteiger partial charge in [-0.25, -0.2) is 0 Å². The molecule has 82 valence electrons. The molecular formula is C12H16O3. The summed E-state index contributed by atoms with van der Waals surface area (Å²) in [6.45, 7) is 3.74. The highest BCUT2D eigenvalue weighted by molar-refractivity contribution is 5.96. The Balaban J connectivity index is 3.26. The van der Waals surface area contributed by atoms with Crippen LogP contribution < -0.4 is 4.74 Å². The number of benzene rings is 1. The van der Waals surface area contributed by atoms with Crippen LogP contribution in [0, 0.1) is 0 Å². The maximum Gasteiger partial charge on any atom is 0.162 e. The number of phenolic OH excluding ortho intramolecular Hbond substituents is 1. The van der Waals surface area contributed by atoms with Gasteiger partial charge in [-0.2, -0.15) is 0 Å². The van der Waals surface area contributed by atoms with Gasteiger partial charge in [-0.3, -0.25) is 4.79 Å². The van der Waals surface area contributed by atoms with E-state index in [1.165, 1.54) is 7.11 Å². The topological polar surface area (TPSA) is 46.5 Å². The summed E-state index contributed by atoms with van der Waals surface area (Å²) in [4.78, 5) is 11.5. The molecule has 1 rings (SSSR count).